The summed E-state index contributed by atoms with van der Waals surface area (Å²) >= 11 is 3.26. The summed E-state index contributed by atoms with van der Waals surface area (Å²) < 4.78 is 0. The largest absolute Gasteiger partial charge is 0.340 e. The van der Waals surface area contributed by atoms with Crippen LogP contribution < -0.4 is 0 Å². The number of amides is 1. The van der Waals surface area contributed by atoms with Crippen molar-refractivity contribution in [2.45, 2.75) is 32.2 Å². The van der Waals surface area contributed by atoms with Crippen LogP contribution in [0.5, 0.6) is 0 Å². The van der Waals surface area contributed by atoms with Gasteiger partial charge in [0.2, 0.25) is 5.91 Å². The summed E-state index contributed by atoms with van der Waals surface area (Å²) in [6.45, 7) is 2.85. The van der Waals surface area contributed by atoms with Crippen LogP contribution in [-0.4, -0.2) is 32.3 Å². The number of hydrogen-bond donors (Lipinski definition) is 1. The highest BCUT2D eigenvalue weighted by Gasteiger charge is 2.32. The van der Waals surface area contributed by atoms with E-state index < -0.39 is 0 Å². The predicted octanol–water partition coefficient (Wildman–Crippen LogP) is 4.96. The van der Waals surface area contributed by atoms with Crippen molar-refractivity contribution < 1.29 is 4.79 Å². The molecule has 0 bridgehead atoms. The molecule has 1 atom stereocenters. The van der Waals surface area contributed by atoms with Gasteiger partial charge in [-0.1, -0.05) is 6.07 Å². The van der Waals surface area contributed by atoms with Gasteiger partial charge in [0, 0.05) is 22.9 Å². The number of likely N-dealkylation sites (tertiary alicyclic amines) is 1. The lowest BCUT2D eigenvalue weighted by Crippen LogP contribution is -2.32. The van der Waals surface area contributed by atoms with Crippen LogP contribution in [0.3, 0.4) is 0 Å². The minimum atomic E-state index is 0.0233. The Morgan fingerprint density at radius 2 is 2.21 bits per heavy atom. The average Bonchev–Trinajstić information content (AvgIpc) is 3.44. The van der Waals surface area contributed by atoms with Crippen LogP contribution in [-0.2, 0) is 11.2 Å². The molecule has 1 unspecified atom stereocenters. The minimum Gasteiger partial charge on any atom is -0.340 e. The second-order valence-corrected chi connectivity index (χ2v) is 8.86. The monoisotopic (exact) mass is 408 g/mol. The number of benzene rings is 1. The van der Waals surface area contributed by atoms with Crippen LogP contribution in [0.25, 0.3) is 21.6 Å². The fraction of sp³-hybridized carbons (Fsp3) is 0.286. The van der Waals surface area contributed by atoms with Gasteiger partial charge in [-0.3, -0.25) is 4.79 Å². The molecule has 142 valence electrons. The summed E-state index contributed by atoms with van der Waals surface area (Å²) in [5.41, 5.74) is 5.17. The van der Waals surface area contributed by atoms with E-state index in [0.717, 1.165) is 52.5 Å². The lowest BCUT2D eigenvalue weighted by atomic mass is 10.2. The molecule has 4 heterocycles. The van der Waals surface area contributed by atoms with Gasteiger partial charge in [0.25, 0.3) is 0 Å². The van der Waals surface area contributed by atoms with Crippen molar-refractivity contribution in [3.8, 4) is 10.6 Å². The number of fused-ring (bicyclic) bond motifs is 1. The average molecular weight is 409 g/mol. The number of nitrogens with zero attached hydrogens (tertiary/aromatic N) is 3. The van der Waals surface area contributed by atoms with Gasteiger partial charge in [0.1, 0.15) is 10.8 Å². The highest BCUT2D eigenvalue weighted by Crippen LogP contribution is 2.32. The molecule has 1 aliphatic rings. The van der Waals surface area contributed by atoms with E-state index >= 15 is 0 Å². The van der Waals surface area contributed by atoms with Crippen molar-refractivity contribution in [1.29, 1.82) is 0 Å². The molecule has 1 aliphatic heterocycles. The van der Waals surface area contributed by atoms with Crippen LogP contribution in [0.15, 0.2) is 40.4 Å². The molecule has 3 aromatic heterocycles. The highest BCUT2D eigenvalue weighted by atomic mass is 32.1. The normalized spacial score (nSPS) is 16.9. The first-order chi connectivity index (χ1) is 13.7. The Kier molecular flexibility index (Phi) is 4.49. The molecule has 1 fully saturated rings. The molecular formula is C21H20N4OS2. The molecule has 0 spiro atoms. The van der Waals surface area contributed by atoms with E-state index in [1.165, 1.54) is 5.56 Å². The Hall–Kier alpha value is -2.51. The van der Waals surface area contributed by atoms with Gasteiger partial charge in [-0.05, 0) is 48.9 Å². The van der Waals surface area contributed by atoms with Crippen molar-refractivity contribution in [2.24, 2.45) is 0 Å². The molecule has 0 saturated carbocycles. The number of thiophene rings is 1. The third kappa shape index (κ3) is 3.25. The van der Waals surface area contributed by atoms with Gasteiger partial charge < -0.3 is 9.88 Å². The molecular weight excluding hydrogens is 388 g/mol. The van der Waals surface area contributed by atoms with E-state index in [2.05, 4.69) is 40.5 Å². The van der Waals surface area contributed by atoms with Crippen molar-refractivity contribution in [2.75, 3.05) is 6.54 Å². The van der Waals surface area contributed by atoms with E-state index in [4.69, 9.17) is 4.98 Å². The number of thiazole rings is 1. The Labute approximate surface area is 171 Å². The molecule has 1 N–H and O–H groups in total. The standard InChI is InChI=1S/C21H20N4OS2/c1-13-4-5-16-17(9-13)24-20(23-16)18-3-2-7-25(18)19(26)10-15-12-28-21(22-15)14-6-8-27-11-14/h4-6,8-9,11-12,18H,2-3,7,10H2,1H3,(H,23,24). The number of nitrogens with one attached hydrogen (secondary N) is 1. The number of carbonyl (C=O) groups is 1. The number of rotatable bonds is 4. The van der Waals surface area contributed by atoms with Gasteiger partial charge in [-0.15, -0.1) is 11.3 Å². The number of hydrogen-bond acceptors (Lipinski definition) is 5. The summed E-state index contributed by atoms with van der Waals surface area (Å²) in [7, 11) is 0. The van der Waals surface area contributed by atoms with Crippen LogP contribution in [0, 0.1) is 6.92 Å². The van der Waals surface area contributed by atoms with Gasteiger partial charge in [-0.2, -0.15) is 11.3 Å². The quantitative estimate of drug-likeness (QED) is 0.519. The molecule has 5 nitrogen and oxygen atoms in total. The molecule has 1 aromatic carbocycles. The number of aromatic amines is 1. The first-order valence-corrected chi connectivity index (χ1v) is 11.2. The maximum atomic E-state index is 13.0. The van der Waals surface area contributed by atoms with Crippen LogP contribution in [0.4, 0.5) is 0 Å². The zero-order valence-corrected chi connectivity index (χ0v) is 17.1. The van der Waals surface area contributed by atoms with E-state index in [9.17, 15) is 4.79 Å². The maximum absolute atomic E-state index is 13.0. The maximum Gasteiger partial charge on any atom is 0.229 e. The summed E-state index contributed by atoms with van der Waals surface area (Å²) in [5, 5.41) is 7.12. The Balaban J connectivity index is 1.35. The second kappa shape index (κ2) is 7.14. The Bertz CT molecular complexity index is 1130. The third-order valence-corrected chi connectivity index (χ3v) is 6.82. The lowest BCUT2D eigenvalue weighted by molar-refractivity contribution is -0.131. The van der Waals surface area contributed by atoms with Gasteiger partial charge in [0.15, 0.2) is 0 Å². The second-order valence-electron chi connectivity index (χ2n) is 7.22. The third-order valence-electron chi connectivity index (χ3n) is 5.20. The van der Waals surface area contributed by atoms with Gasteiger partial charge in [-0.25, -0.2) is 9.97 Å². The smallest absolute Gasteiger partial charge is 0.229 e. The van der Waals surface area contributed by atoms with Crippen LogP contribution in [0.2, 0.25) is 0 Å². The van der Waals surface area contributed by atoms with E-state index in [1.807, 2.05) is 21.7 Å². The van der Waals surface area contributed by atoms with Crippen molar-refractivity contribution >= 4 is 39.6 Å². The fourth-order valence-corrected chi connectivity index (χ4v) is 5.35. The predicted molar refractivity (Wildman–Crippen MR) is 114 cm³/mol. The molecule has 5 rings (SSSR count). The molecule has 28 heavy (non-hydrogen) atoms. The molecule has 1 amide bonds. The van der Waals surface area contributed by atoms with Crippen LogP contribution >= 0.6 is 22.7 Å². The number of H-pyrrole nitrogens is 1. The topological polar surface area (TPSA) is 61.9 Å². The number of aromatic nitrogens is 3. The molecule has 1 saturated heterocycles. The number of aryl methyl sites for hydroxylation is 1. The SMILES string of the molecule is Cc1ccc2nc(C3CCCN3C(=O)Cc3csc(-c4ccsc4)n3)[nH]c2c1. The first-order valence-electron chi connectivity index (χ1n) is 9.40. The van der Waals surface area contributed by atoms with E-state index in [1.54, 1.807) is 22.7 Å². The zero-order valence-electron chi connectivity index (χ0n) is 15.5. The number of imidazole rings is 1. The minimum absolute atomic E-state index is 0.0233. The van der Waals surface area contributed by atoms with E-state index in [0.29, 0.717) is 6.42 Å². The lowest BCUT2D eigenvalue weighted by Gasteiger charge is -2.22. The van der Waals surface area contributed by atoms with Crippen LogP contribution in [0.1, 0.15) is 36.0 Å². The van der Waals surface area contributed by atoms with Gasteiger partial charge >= 0.3 is 0 Å². The molecule has 4 aromatic rings. The molecule has 0 aliphatic carbocycles. The molecule has 0 radical (unpaired) electrons. The zero-order chi connectivity index (χ0) is 19.1. The van der Waals surface area contributed by atoms with Crippen molar-refractivity contribution in [1.82, 2.24) is 19.9 Å². The van der Waals surface area contributed by atoms with Crippen molar-refractivity contribution in [3.05, 3.63) is 57.5 Å². The molecule has 7 heteroatoms. The summed E-state index contributed by atoms with van der Waals surface area (Å²) in [5.74, 6) is 1.02. The van der Waals surface area contributed by atoms with E-state index in [-0.39, 0.29) is 11.9 Å². The Morgan fingerprint density at radius 3 is 3.07 bits per heavy atom. The fourth-order valence-electron chi connectivity index (χ4n) is 3.81. The summed E-state index contributed by atoms with van der Waals surface area (Å²) in [4.78, 5) is 27.8. The summed E-state index contributed by atoms with van der Waals surface area (Å²) in [6, 6.07) is 8.30. The number of carbonyl (C=O) groups excluding carboxylic acids is 1. The Morgan fingerprint density at radius 1 is 1.29 bits per heavy atom. The first kappa shape index (κ1) is 17.6. The van der Waals surface area contributed by atoms with Gasteiger partial charge in [0.05, 0.1) is 29.2 Å². The van der Waals surface area contributed by atoms with Crippen molar-refractivity contribution in [3.63, 3.8) is 0 Å². The highest BCUT2D eigenvalue weighted by molar-refractivity contribution is 7.14. The summed E-state index contributed by atoms with van der Waals surface area (Å²) in [6.07, 6.45) is 2.29.